The summed E-state index contributed by atoms with van der Waals surface area (Å²) in [7, 11) is 0. The van der Waals surface area contributed by atoms with Crippen molar-refractivity contribution in [1.29, 1.82) is 0 Å². The molecule has 0 aromatic carbocycles. The minimum atomic E-state index is -0.370. The van der Waals surface area contributed by atoms with Gasteiger partial charge in [-0.1, -0.05) is 11.2 Å². The molecule has 0 radical (unpaired) electrons. The van der Waals surface area contributed by atoms with E-state index in [1.807, 2.05) is 18.2 Å². The van der Waals surface area contributed by atoms with Gasteiger partial charge in [-0.05, 0) is 19.1 Å². The molecular formula is C12H13N3O3. The molecule has 0 amide bonds. The molecule has 0 aliphatic carbocycles. The Labute approximate surface area is 104 Å². The van der Waals surface area contributed by atoms with E-state index < -0.39 is 0 Å². The van der Waals surface area contributed by atoms with Gasteiger partial charge in [0.15, 0.2) is 5.82 Å². The van der Waals surface area contributed by atoms with Crippen LogP contribution >= 0.6 is 0 Å². The molecule has 0 saturated heterocycles. The van der Waals surface area contributed by atoms with Crippen LogP contribution in [-0.2, 0) is 22.4 Å². The van der Waals surface area contributed by atoms with Crippen LogP contribution in [0.3, 0.4) is 0 Å². The smallest absolute Gasteiger partial charge is 0.315 e. The predicted molar refractivity (Wildman–Crippen MR) is 61.7 cm³/mol. The first-order valence-corrected chi connectivity index (χ1v) is 5.65. The number of nitrogens with zero attached hydrogens (tertiary/aromatic N) is 3. The summed E-state index contributed by atoms with van der Waals surface area (Å²) in [6, 6.07) is 5.61. The third kappa shape index (κ3) is 3.38. The van der Waals surface area contributed by atoms with E-state index in [-0.39, 0.29) is 18.3 Å². The molecule has 0 unspecified atom stereocenters. The molecule has 0 bridgehead atoms. The lowest BCUT2D eigenvalue weighted by Gasteiger charge is -1.96. The van der Waals surface area contributed by atoms with Gasteiger partial charge in [-0.2, -0.15) is 4.98 Å². The highest BCUT2D eigenvalue weighted by molar-refractivity contribution is 5.71. The van der Waals surface area contributed by atoms with E-state index in [2.05, 4.69) is 15.1 Å². The topological polar surface area (TPSA) is 78.1 Å². The molecule has 6 nitrogen and oxygen atoms in total. The van der Waals surface area contributed by atoms with E-state index >= 15 is 0 Å². The molecule has 0 spiro atoms. The zero-order chi connectivity index (χ0) is 12.8. The number of hydrogen-bond acceptors (Lipinski definition) is 6. The number of carbonyl (C=O) groups excluding carboxylic acids is 1. The number of hydrogen-bond donors (Lipinski definition) is 0. The SMILES string of the molecule is CCOC(=O)Cc1nc(Cc2ccccn2)no1. The van der Waals surface area contributed by atoms with Gasteiger partial charge in [-0.25, -0.2) is 0 Å². The van der Waals surface area contributed by atoms with Gasteiger partial charge in [-0.15, -0.1) is 0 Å². The van der Waals surface area contributed by atoms with Gasteiger partial charge in [0, 0.05) is 11.9 Å². The van der Waals surface area contributed by atoms with Crippen molar-refractivity contribution >= 4 is 5.97 Å². The van der Waals surface area contributed by atoms with Crippen LogP contribution < -0.4 is 0 Å². The molecule has 2 rings (SSSR count). The summed E-state index contributed by atoms with van der Waals surface area (Å²) in [5.41, 5.74) is 0.848. The predicted octanol–water partition coefficient (Wildman–Crippen LogP) is 1.16. The highest BCUT2D eigenvalue weighted by Gasteiger charge is 2.12. The second-order valence-corrected chi connectivity index (χ2v) is 3.58. The number of esters is 1. The molecule has 2 heterocycles. The minimum absolute atomic E-state index is 0.00303. The zero-order valence-electron chi connectivity index (χ0n) is 10.00. The Morgan fingerprint density at radius 1 is 1.44 bits per heavy atom. The van der Waals surface area contributed by atoms with Crippen LogP contribution in [-0.4, -0.2) is 27.7 Å². The van der Waals surface area contributed by atoms with Crippen molar-refractivity contribution in [2.75, 3.05) is 6.61 Å². The fraction of sp³-hybridized carbons (Fsp3) is 0.333. The van der Waals surface area contributed by atoms with Gasteiger partial charge in [0.2, 0.25) is 5.89 Å². The average molecular weight is 247 g/mol. The molecule has 2 aromatic heterocycles. The highest BCUT2D eigenvalue weighted by Crippen LogP contribution is 2.05. The second-order valence-electron chi connectivity index (χ2n) is 3.58. The Balaban J connectivity index is 1.96. The van der Waals surface area contributed by atoms with Crippen molar-refractivity contribution in [1.82, 2.24) is 15.1 Å². The monoisotopic (exact) mass is 247 g/mol. The van der Waals surface area contributed by atoms with Gasteiger partial charge in [0.1, 0.15) is 6.42 Å². The molecule has 6 heteroatoms. The summed E-state index contributed by atoms with van der Waals surface area (Å²) in [4.78, 5) is 19.5. The molecule has 0 aliphatic heterocycles. The Morgan fingerprint density at radius 2 is 2.33 bits per heavy atom. The van der Waals surface area contributed by atoms with E-state index in [0.29, 0.717) is 18.9 Å². The highest BCUT2D eigenvalue weighted by atomic mass is 16.5. The van der Waals surface area contributed by atoms with Gasteiger partial charge >= 0.3 is 5.97 Å². The van der Waals surface area contributed by atoms with Crippen molar-refractivity contribution < 1.29 is 14.1 Å². The molecule has 94 valence electrons. The van der Waals surface area contributed by atoms with E-state index in [0.717, 1.165) is 5.69 Å². The standard InChI is InChI=1S/C12H13N3O3/c1-2-17-12(16)8-11-14-10(15-18-11)7-9-5-3-4-6-13-9/h3-6H,2,7-8H2,1H3. The van der Waals surface area contributed by atoms with Crippen LogP contribution in [0, 0.1) is 0 Å². The van der Waals surface area contributed by atoms with E-state index in [4.69, 9.17) is 9.26 Å². The quantitative estimate of drug-likeness (QED) is 0.738. The normalized spacial score (nSPS) is 10.3. The van der Waals surface area contributed by atoms with Crippen molar-refractivity contribution in [2.45, 2.75) is 19.8 Å². The molecule has 2 aromatic rings. The lowest BCUT2D eigenvalue weighted by atomic mass is 10.2. The lowest BCUT2D eigenvalue weighted by Crippen LogP contribution is -2.07. The summed E-state index contributed by atoms with van der Waals surface area (Å²) in [6.45, 7) is 2.09. The average Bonchev–Trinajstić information content (AvgIpc) is 2.78. The summed E-state index contributed by atoms with van der Waals surface area (Å²) >= 11 is 0. The first-order chi connectivity index (χ1) is 8.78. The van der Waals surface area contributed by atoms with Crippen LogP contribution in [0.5, 0.6) is 0 Å². The van der Waals surface area contributed by atoms with Gasteiger partial charge in [-0.3, -0.25) is 9.78 Å². The van der Waals surface area contributed by atoms with Crippen molar-refractivity contribution in [3.8, 4) is 0 Å². The maximum atomic E-state index is 11.2. The zero-order valence-corrected chi connectivity index (χ0v) is 10.00. The van der Waals surface area contributed by atoms with Crippen LogP contribution in [0.1, 0.15) is 24.3 Å². The number of aromatic nitrogens is 3. The summed E-state index contributed by atoms with van der Waals surface area (Å²) < 4.78 is 9.76. The fourth-order valence-corrected chi connectivity index (χ4v) is 1.43. The summed E-state index contributed by atoms with van der Waals surface area (Å²) in [5.74, 6) is 0.401. The van der Waals surface area contributed by atoms with E-state index in [1.54, 1.807) is 13.1 Å². The maximum absolute atomic E-state index is 11.2. The van der Waals surface area contributed by atoms with Gasteiger partial charge in [0.05, 0.1) is 13.0 Å². The first-order valence-electron chi connectivity index (χ1n) is 5.65. The van der Waals surface area contributed by atoms with Crippen molar-refractivity contribution in [3.05, 3.63) is 41.8 Å². The molecule has 18 heavy (non-hydrogen) atoms. The van der Waals surface area contributed by atoms with Crippen LogP contribution in [0.4, 0.5) is 0 Å². The third-order valence-electron chi connectivity index (χ3n) is 2.18. The van der Waals surface area contributed by atoms with Crippen LogP contribution in [0.15, 0.2) is 28.9 Å². The maximum Gasteiger partial charge on any atom is 0.315 e. The molecule has 0 atom stereocenters. The molecular weight excluding hydrogens is 234 g/mol. The van der Waals surface area contributed by atoms with Crippen molar-refractivity contribution in [2.24, 2.45) is 0 Å². The Hall–Kier alpha value is -2.24. The number of carbonyl (C=O) groups is 1. The third-order valence-corrected chi connectivity index (χ3v) is 2.18. The second kappa shape index (κ2) is 5.90. The van der Waals surface area contributed by atoms with Crippen LogP contribution in [0.25, 0.3) is 0 Å². The largest absolute Gasteiger partial charge is 0.466 e. The number of ether oxygens (including phenoxy) is 1. The Kier molecular flexibility index (Phi) is 4.01. The number of pyridine rings is 1. The molecule has 0 N–H and O–H groups in total. The van der Waals surface area contributed by atoms with Gasteiger partial charge < -0.3 is 9.26 Å². The van der Waals surface area contributed by atoms with Gasteiger partial charge in [0.25, 0.3) is 0 Å². The van der Waals surface area contributed by atoms with E-state index in [9.17, 15) is 4.79 Å². The molecule has 0 aliphatic rings. The first kappa shape index (κ1) is 12.2. The summed E-state index contributed by atoms with van der Waals surface area (Å²) in [6.07, 6.45) is 2.19. The lowest BCUT2D eigenvalue weighted by molar-refractivity contribution is -0.142. The molecule has 0 saturated carbocycles. The molecule has 0 fully saturated rings. The van der Waals surface area contributed by atoms with E-state index in [1.165, 1.54) is 0 Å². The summed E-state index contributed by atoms with van der Waals surface area (Å²) in [5, 5.41) is 3.79. The van der Waals surface area contributed by atoms with Crippen LogP contribution in [0.2, 0.25) is 0 Å². The fourth-order valence-electron chi connectivity index (χ4n) is 1.43. The number of rotatable bonds is 5. The Morgan fingerprint density at radius 3 is 3.06 bits per heavy atom. The minimum Gasteiger partial charge on any atom is -0.466 e. The van der Waals surface area contributed by atoms with Crippen molar-refractivity contribution in [3.63, 3.8) is 0 Å². The Bertz CT molecular complexity index is 510.